The zero-order valence-corrected chi connectivity index (χ0v) is 13.3. The number of ether oxygens (including phenoxy) is 2. The van der Waals surface area contributed by atoms with Crippen molar-refractivity contribution in [2.75, 3.05) is 20.8 Å². The van der Waals surface area contributed by atoms with Gasteiger partial charge in [-0.2, -0.15) is 0 Å². The van der Waals surface area contributed by atoms with Gasteiger partial charge in [0.05, 0.1) is 14.2 Å². The predicted molar refractivity (Wildman–Crippen MR) is 88.8 cm³/mol. The molecule has 0 radical (unpaired) electrons. The summed E-state index contributed by atoms with van der Waals surface area (Å²) in [5, 5.41) is 9.19. The zero-order valence-electron chi connectivity index (χ0n) is 13.3. The van der Waals surface area contributed by atoms with Crippen LogP contribution in [0.5, 0.6) is 11.5 Å². The molecule has 0 saturated carbocycles. The third-order valence-corrected chi connectivity index (χ3v) is 3.91. The van der Waals surface area contributed by atoms with Crippen molar-refractivity contribution in [3.05, 3.63) is 59.7 Å². The fraction of sp³-hybridized carbons (Fsp3) is 0.368. The minimum atomic E-state index is 0.212. The first kappa shape index (κ1) is 16.4. The number of para-hydroxylation sites is 1. The van der Waals surface area contributed by atoms with Gasteiger partial charge in [0.15, 0.2) is 0 Å². The summed E-state index contributed by atoms with van der Waals surface area (Å²) in [7, 11) is 3.38. The molecule has 0 saturated heterocycles. The van der Waals surface area contributed by atoms with Gasteiger partial charge in [-0.25, -0.2) is 0 Å². The van der Waals surface area contributed by atoms with Crippen LogP contribution in [-0.4, -0.2) is 25.9 Å². The average molecular weight is 300 g/mol. The Morgan fingerprint density at radius 1 is 1.00 bits per heavy atom. The van der Waals surface area contributed by atoms with Crippen LogP contribution in [0, 0.1) is 0 Å². The van der Waals surface area contributed by atoms with Gasteiger partial charge in [-0.1, -0.05) is 30.3 Å². The number of rotatable bonds is 8. The highest BCUT2D eigenvalue weighted by Crippen LogP contribution is 2.33. The van der Waals surface area contributed by atoms with Crippen molar-refractivity contribution in [2.24, 2.45) is 0 Å². The lowest BCUT2D eigenvalue weighted by molar-refractivity contribution is 0.278. The molecule has 0 aliphatic rings. The van der Waals surface area contributed by atoms with E-state index in [4.69, 9.17) is 9.47 Å². The van der Waals surface area contributed by atoms with Gasteiger partial charge in [-0.15, -0.1) is 0 Å². The van der Waals surface area contributed by atoms with E-state index in [2.05, 4.69) is 18.2 Å². The molecule has 0 amide bonds. The Morgan fingerprint density at radius 3 is 2.55 bits per heavy atom. The zero-order chi connectivity index (χ0) is 15.8. The average Bonchev–Trinajstić information content (AvgIpc) is 2.58. The number of benzene rings is 2. The van der Waals surface area contributed by atoms with Gasteiger partial charge in [0.2, 0.25) is 0 Å². The molecular weight excluding hydrogens is 276 g/mol. The van der Waals surface area contributed by atoms with Crippen molar-refractivity contribution in [3.63, 3.8) is 0 Å². The Labute approximate surface area is 132 Å². The third-order valence-electron chi connectivity index (χ3n) is 3.91. The molecule has 0 aliphatic carbocycles. The lowest BCUT2D eigenvalue weighted by Crippen LogP contribution is -2.06. The molecule has 1 unspecified atom stereocenters. The summed E-state index contributed by atoms with van der Waals surface area (Å²) in [4.78, 5) is 0. The van der Waals surface area contributed by atoms with Crippen molar-refractivity contribution in [1.82, 2.24) is 0 Å². The quantitative estimate of drug-likeness (QED) is 0.806. The third kappa shape index (κ3) is 4.25. The molecule has 118 valence electrons. The summed E-state index contributed by atoms with van der Waals surface area (Å²) < 4.78 is 10.8. The summed E-state index contributed by atoms with van der Waals surface area (Å²) in [5.74, 6) is 2.10. The molecule has 2 rings (SSSR count). The highest BCUT2D eigenvalue weighted by molar-refractivity contribution is 5.38. The Hall–Kier alpha value is -2.00. The van der Waals surface area contributed by atoms with Gasteiger partial charge in [0, 0.05) is 6.61 Å². The topological polar surface area (TPSA) is 38.7 Å². The fourth-order valence-corrected chi connectivity index (χ4v) is 2.79. The Morgan fingerprint density at radius 2 is 1.82 bits per heavy atom. The van der Waals surface area contributed by atoms with Crippen molar-refractivity contribution in [3.8, 4) is 11.5 Å². The Bertz CT molecular complexity index is 580. The van der Waals surface area contributed by atoms with E-state index in [1.807, 2.05) is 30.3 Å². The van der Waals surface area contributed by atoms with Gasteiger partial charge in [-0.3, -0.25) is 0 Å². The number of aliphatic hydroxyl groups excluding tert-OH is 1. The van der Waals surface area contributed by atoms with Gasteiger partial charge in [0.25, 0.3) is 0 Å². The van der Waals surface area contributed by atoms with E-state index in [-0.39, 0.29) is 6.61 Å². The van der Waals surface area contributed by atoms with Crippen LogP contribution >= 0.6 is 0 Å². The minimum absolute atomic E-state index is 0.212. The summed E-state index contributed by atoms with van der Waals surface area (Å²) in [6.07, 6.45) is 2.61. The van der Waals surface area contributed by atoms with Crippen LogP contribution in [0.4, 0.5) is 0 Å². The molecule has 0 fully saturated rings. The van der Waals surface area contributed by atoms with Gasteiger partial charge >= 0.3 is 0 Å². The summed E-state index contributed by atoms with van der Waals surface area (Å²) in [6.45, 7) is 0.212. The second-order valence-electron chi connectivity index (χ2n) is 5.36. The van der Waals surface area contributed by atoms with Crippen molar-refractivity contribution < 1.29 is 14.6 Å². The molecular formula is C19H24O3. The maximum absolute atomic E-state index is 9.19. The van der Waals surface area contributed by atoms with Crippen LogP contribution in [0.3, 0.4) is 0 Å². The number of aliphatic hydroxyl groups is 1. The van der Waals surface area contributed by atoms with Crippen LogP contribution in [0.1, 0.15) is 29.9 Å². The molecule has 2 aromatic rings. The van der Waals surface area contributed by atoms with E-state index in [0.29, 0.717) is 5.92 Å². The Balaban J connectivity index is 2.25. The highest BCUT2D eigenvalue weighted by Gasteiger charge is 2.16. The molecule has 2 aromatic carbocycles. The van der Waals surface area contributed by atoms with Crippen LogP contribution in [0.15, 0.2) is 48.5 Å². The SMILES string of the molecule is COc1cccc(CC(CCCO)c2ccccc2OC)c1. The van der Waals surface area contributed by atoms with Gasteiger partial charge < -0.3 is 14.6 Å². The van der Waals surface area contributed by atoms with Crippen molar-refractivity contribution >= 4 is 0 Å². The molecule has 1 N–H and O–H groups in total. The van der Waals surface area contributed by atoms with E-state index >= 15 is 0 Å². The molecule has 1 atom stereocenters. The molecule has 0 heterocycles. The van der Waals surface area contributed by atoms with E-state index in [1.165, 1.54) is 11.1 Å². The molecule has 3 heteroatoms. The summed E-state index contributed by atoms with van der Waals surface area (Å²) in [6, 6.07) is 16.3. The monoisotopic (exact) mass is 300 g/mol. The van der Waals surface area contributed by atoms with E-state index in [0.717, 1.165) is 30.8 Å². The maximum atomic E-state index is 9.19. The first-order valence-corrected chi connectivity index (χ1v) is 7.65. The highest BCUT2D eigenvalue weighted by atomic mass is 16.5. The number of methoxy groups -OCH3 is 2. The van der Waals surface area contributed by atoms with Gasteiger partial charge in [-0.05, 0) is 54.5 Å². The van der Waals surface area contributed by atoms with Crippen LogP contribution in [0.2, 0.25) is 0 Å². The molecule has 0 spiro atoms. The van der Waals surface area contributed by atoms with Crippen molar-refractivity contribution in [2.45, 2.75) is 25.2 Å². The minimum Gasteiger partial charge on any atom is -0.497 e. The standard InChI is InChI=1S/C19H24O3/c1-21-17-9-5-7-15(14-17)13-16(8-6-12-20)18-10-3-4-11-19(18)22-2/h3-5,7,9-11,14,16,20H,6,8,12-13H2,1-2H3. The largest absolute Gasteiger partial charge is 0.497 e. The second kappa shape index (κ2) is 8.44. The fourth-order valence-electron chi connectivity index (χ4n) is 2.79. The first-order valence-electron chi connectivity index (χ1n) is 7.65. The molecule has 3 nitrogen and oxygen atoms in total. The van der Waals surface area contributed by atoms with Crippen molar-refractivity contribution in [1.29, 1.82) is 0 Å². The van der Waals surface area contributed by atoms with E-state index in [9.17, 15) is 5.11 Å². The Kier molecular flexibility index (Phi) is 6.28. The van der Waals surface area contributed by atoms with Crippen LogP contribution in [0.25, 0.3) is 0 Å². The molecule has 0 aromatic heterocycles. The van der Waals surface area contributed by atoms with Gasteiger partial charge in [0.1, 0.15) is 11.5 Å². The number of hydrogen-bond acceptors (Lipinski definition) is 3. The van der Waals surface area contributed by atoms with E-state index < -0.39 is 0 Å². The normalized spacial score (nSPS) is 12.0. The molecule has 22 heavy (non-hydrogen) atoms. The molecule has 0 bridgehead atoms. The second-order valence-corrected chi connectivity index (χ2v) is 5.36. The lowest BCUT2D eigenvalue weighted by atomic mass is 9.87. The summed E-state index contributed by atoms with van der Waals surface area (Å²) in [5.41, 5.74) is 2.43. The van der Waals surface area contributed by atoms with E-state index in [1.54, 1.807) is 14.2 Å². The predicted octanol–water partition coefficient (Wildman–Crippen LogP) is 3.80. The maximum Gasteiger partial charge on any atom is 0.122 e. The lowest BCUT2D eigenvalue weighted by Gasteiger charge is -2.20. The van der Waals surface area contributed by atoms with Crippen LogP contribution < -0.4 is 9.47 Å². The summed E-state index contributed by atoms with van der Waals surface area (Å²) >= 11 is 0. The number of hydrogen-bond donors (Lipinski definition) is 1. The smallest absolute Gasteiger partial charge is 0.122 e. The van der Waals surface area contributed by atoms with Crippen LogP contribution in [-0.2, 0) is 6.42 Å². The molecule has 0 aliphatic heterocycles. The first-order chi connectivity index (χ1) is 10.8.